The van der Waals surface area contributed by atoms with Crippen LogP contribution >= 0.6 is 11.6 Å². The number of nitrogens with one attached hydrogen (secondary N) is 1. The smallest absolute Gasteiger partial charge is 0.317 e. The Bertz CT molecular complexity index is 679. The van der Waals surface area contributed by atoms with Gasteiger partial charge in [0.15, 0.2) is 0 Å². The minimum atomic E-state index is -0.398. The van der Waals surface area contributed by atoms with E-state index in [1.807, 2.05) is 16.9 Å². The van der Waals surface area contributed by atoms with Gasteiger partial charge in [-0.15, -0.1) is 0 Å². The predicted octanol–water partition coefficient (Wildman–Crippen LogP) is 3.69. The summed E-state index contributed by atoms with van der Waals surface area (Å²) in [7, 11) is 0. The second-order valence-electron chi connectivity index (χ2n) is 6.35. The van der Waals surface area contributed by atoms with E-state index in [4.69, 9.17) is 11.6 Å². The van der Waals surface area contributed by atoms with Gasteiger partial charge >= 0.3 is 6.03 Å². The quantitative estimate of drug-likeness (QED) is 0.879. The highest BCUT2D eigenvalue weighted by molar-refractivity contribution is 6.31. The van der Waals surface area contributed by atoms with Crippen LogP contribution < -0.4 is 5.32 Å². The molecule has 1 N–H and O–H groups in total. The Labute approximate surface area is 151 Å². The highest BCUT2D eigenvalue weighted by Crippen LogP contribution is 2.22. The minimum Gasteiger partial charge on any atom is -0.334 e. The molecule has 134 valence electrons. The molecule has 5 nitrogen and oxygen atoms in total. The number of amides is 2. The van der Waals surface area contributed by atoms with E-state index in [0.717, 1.165) is 38.9 Å². The zero-order chi connectivity index (χ0) is 17.6. The van der Waals surface area contributed by atoms with Crippen LogP contribution in [0.1, 0.15) is 24.8 Å². The van der Waals surface area contributed by atoms with Crippen LogP contribution in [0.25, 0.3) is 0 Å². The summed E-state index contributed by atoms with van der Waals surface area (Å²) >= 11 is 5.98. The number of benzene rings is 1. The number of likely N-dealkylation sites (tertiary alicyclic amines) is 1. The molecule has 1 aliphatic rings. The number of piperidine rings is 1. The van der Waals surface area contributed by atoms with E-state index in [1.54, 1.807) is 23.2 Å². The van der Waals surface area contributed by atoms with Gasteiger partial charge in [-0.25, -0.2) is 9.18 Å². The summed E-state index contributed by atoms with van der Waals surface area (Å²) in [5.41, 5.74) is 0.326. The van der Waals surface area contributed by atoms with Crippen molar-refractivity contribution in [3.05, 3.63) is 53.1 Å². The molecule has 1 aromatic heterocycles. The molecule has 0 unspecified atom stereocenters. The second kappa shape index (κ2) is 8.34. The highest BCUT2D eigenvalue weighted by Gasteiger charge is 2.23. The number of aromatic nitrogens is 2. The van der Waals surface area contributed by atoms with E-state index in [0.29, 0.717) is 16.5 Å². The fourth-order valence-corrected chi connectivity index (χ4v) is 3.38. The zero-order valence-electron chi connectivity index (χ0n) is 14.0. The third-order valence-electron chi connectivity index (χ3n) is 4.71. The lowest BCUT2D eigenvalue weighted by atomic mass is 9.94. The van der Waals surface area contributed by atoms with E-state index < -0.39 is 5.82 Å². The molecule has 7 heteroatoms. The third kappa shape index (κ3) is 4.72. The number of hydrogen-bond acceptors (Lipinski definition) is 2. The lowest BCUT2D eigenvalue weighted by molar-refractivity contribution is 0.166. The van der Waals surface area contributed by atoms with Crippen LogP contribution in [0.15, 0.2) is 36.7 Å². The van der Waals surface area contributed by atoms with Crippen molar-refractivity contribution in [2.24, 2.45) is 5.92 Å². The van der Waals surface area contributed by atoms with E-state index in [-0.39, 0.29) is 12.6 Å². The van der Waals surface area contributed by atoms with Crippen LogP contribution in [-0.4, -0.2) is 33.8 Å². The van der Waals surface area contributed by atoms with Gasteiger partial charge in [-0.2, -0.15) is 5.10 Å². The van der Waals surface area contributed by atoms with Crippen LogP contribution in [0, 0.1) is 11.7 Å². The normalized spacial score (nSPS) is 15.4. The predicted molar refractivity (Wildman–Crippen MR) is 94.8 cm³/mol. The van der Waals surface area contributed by atoms with Gasteiger partial charge in [0.25, 0.3) is 0 Å². The fraction of sp³-hybridized carbons (Fsp3) is 0.444. The number of urea groups is 1. The van der Waals surface area contributed by atoms with Crippen molar-refractivity contribution in [2.75, 3.05) is 13.1 Å². The van der Waals surface area contributed by atoms with Gasteiger partial charge in [-0.05, 0) is 43.4 Å². The van der Waals surface area contributed by atoms with Crippen molar-refractivity contribution in [3.8, 4) is 0 Å². The Kier molecular flexibility index (Phi) is 5.91. The number of carbonyl (C=O) groups is 1. The Morgan fingerprint density at radius 3 is 2.80 bits per heavy atom. The van der Waals surface area contributed by atoms with Crippen LogP contribution in [0.2, 0.25) is 5.02 Å². The van der Waals surface area contributed by atoms with Gasteiger partial charge in [-0.3, -0.25) is 4.68 Å². The molecule has 1 aromatic carbocycles. The van der Waals surface area contributed by atoms with E-state index in [2.05, 4.69) is 10.4 Å². The van der Waals surface area contributed by atoms with Gasteiger partial charge in [-0.1, -0.05) is 17.7 Å². The van der Waals surface area contributed by atoms with Crippen molar-refractivity contribution in [1.82, 2.24) is 20.0 Å². The monoisotopic (exact) mass is 364 g/mol. The van der Waals surface area contributed by atoms with Gasteiger partial charge in [0.2, 0.25) is 0 Å². The molecule has 0 aliphatic carbocycles. The molecular weight excluding hydrogens is 343 g/mol. The van der Waals surface area contributed by atoms with E-state index in [9.17, 15) is 9.18 Å². The van der Waals surface area contributed by atoms with E-state index >= 15 is 0 Å². The lowest BCUT2D eigenvalue weighted by Gasteiger charge is -2.32. The summed E-state index contributed by atoms with van der Waals surface area (Å²) in [6, 6.07) is 6.28. The number of carbonyl (C=O) groups excluding carboxylic acids is 1. The van der Waals surface area contributed by atoms with Gasteiger partial charge < -0.3 is 10.2 Å². The second-order valence-corrected chi connectivity index (χ2v) is 6.75. The Morgan fingerprint density at radius 2 is 2.12 bits per heavy atom. The Hall–Kier alpha value is -2.08. The molecule has 0 atom stereocenters. The van der Waals surface area contributed by atoms with E-state index in [1.165, 1.54) is 6.07 Å². The fourth-order valence-electron chi connectivity index (χ4n) is 3.15. The molecule has 0 spiro atoms. The Balaban J connectivity index is 1.42. The summed E-state index contributed by atoms with van der Waals surface area (Å²) < 4.78 is 15.7. The molecule has 3 rings (SSSR count). The van der Waals surface area contributed by atoms with Crippen molar-refractivity contribution in [3.63, 3.8) is 0 Å². The summed E-state index contributed by atoms with van der Waals surface area (Å²) in [5.74, 6) is 0.208. The average molecular weight is 365 g/mol. The minimum absolute atomic E-state index is 0.101. The average Bonchev–Trinajstić information content (AvgIpc) is 3.13. The maximum atomic E-state index is 13.7. The first-order chi connectivity index (χ1) is 12.1. The zero-order valence-corrected chi connectivity index (χ0v) is 14.8. The number of nitrogens with zero attached hydrogens (tertiary/aromatic N) is 3. The van der Waals surface area contributed by atoms with Crippen LogP contribution in [-0.2, 0) is 13.1 Å². The molecule has 0 radical (unpaired) electrons. The molecule has 1 aliphatic heterocycles. The molecule has 0 saturated carbocycles. The molecule has 0 bridgehead atoms. The maximum Gasteiger partial charge on any atom is 0.317 e. The van der Waals surface area contributed by atoms with Crippen LogP contribution in [0.4, 0.5) is 9.18 Å². The van der Waals surface area contributed by atoms with Crippen molar-refractivity contribution in [1.29, 1.82) is 0 Å². The standard InChI is InChI=1S/C18H22ClFN4O/c19-16-3-1-4-17(20)15(16)13-21-18(25)23-10-5-14(6-11-23)7-12-24-9-2-8-22-24/h1-4,8-9,14H,5-7,10-13H2,(H,21,25). The lowest BCUT2D eigenvalue weighted by Crippen LogP contribution is -2.44. The molecule has 2 amide bonds. The number of hydrogen-bond donors (Lipinski definition) is 1. The molecule has 2 aromatic rings. The summed E-state index contributed by atoms with van der Waals surface area (Å²) in [5, 5.41) is 7.31. The largest absolute Gasteiger partial charge is 0.334 e. The maximum absolute atomic E-state index is 13.7. The van der Waals surface area contributed by atoms with Gasteiger partial charge in [0.1, 0.15) is 5.82 Å². The summed E-state index contributed by atoms with van der Waals surface area (Å²) in [4.78, 5) is 14.1. The number of halogens is 2. The SMILES string of the molecule is O=C(NCc1c(F)cccc1Cl)N1CCC(CCn2cccn2)CC1. The molecule has 2 heterocycles. The van der Waals surface area contributed by atoms with Crippen molar-refractivity contribution >= 4 is 17.6 Å². The van der Waals surface area contributed by atoms with Crippen LogP contribution in [0.3, 0.4) is 0 Å². The first kappa shape index (κ1) is 17.7. The molecule has 25 heavy (non-hydrogen) atoms. The molecular formula is C18H22ClFN4O. The van der Waals surface area contributed by atoms with Crippen molar-refractivity contribution in [2.45, 2.75) is 32.4 Å². The first-order valence-electron chi connectivity index (χ1n) is 8.56. The molecule has 1 saturated heterocycles. The highest BCUT2D eigenvalue weighted by atomic mass is 35.5. The first-order valence-corrected chi connectivity index (χ1v) is 8.94. The van der Waals surface area contributed by atoms with Gasteiger partial charge in [0, 0.05) is 49.2 Å². The van der Waals surface area contributed by atoms with Crippen LogP contribution in [0.5, 0.6) is 0 Å². The third-order valence-corrected chi connectivity index (χ3v) is 5.06. The number of aryl methyl sites for hydroxylation is 1. The van der Waals surface area contributed by atoms with Crippen molar-refractivity contribution < 1.29 is 9.18 Å². The summed E-state index contributed by atoms with van der Waals surface area (Å²) in [6.45, 7) is 2.46. The van der Waals surface area contributed by atoms with Gasteiger partial charge in [0.05, 0.1) is 0 Å². The molecule has 1 fully saturated rings. The Morgan fingerprint density at radius 1 is 1.32 bits per heavy atom. The number of rotatable bonds is 5. The topological polar surface area (TPSA) is 50.2 Å². The summed E-state index contributed by atoms with van der Waals surface area (Å²) in [6.07, 6.45) is 6.79.